The lowest BCUT2D eigenvalue weighted by atomic mass is 10.1. The van der Waals surface area contributed by atoms with E-state index in [2.05, 4.69) is 5.32 Å². The Labute approximate surface area is 138 Å². The highest BCUT2D eigenvalue weighted by Gasteiger charge is 2.31. The fraction of sp³-hybridized carbons (Fsp3) is 0.562. The molecule has 0 aliphatic carbocycles. The summed E-state index contributed by atoms with van der Waals surface area (Å²) in [6.45, 7) is 2.14. The van der Waals surface area contributed by atoms with E-state index in [1.807, 2.05) is 0 Å². The first-order chi connectivity index (χ1) is 11.2. The minimum atomic E-state index is -4.22. The molecule has 1 saturated heterocycles. The van der Waals surface area contributed by atoms with E-state index < -0.39 is 12.7 Å². The van der Waals surface area contributed by atoms with Crippen molar-refractivity contribution in [2.45, 2.75) is 26.1 Å². The Balaban J connectivity index is 1.83. The number of nitrogens with one attached hydrogen (secondary N) is 1. The molecule has 8 heteroatoms. The first-order valence-corrected chi connectivity index (χ1v) is 7.81. The molecule has 0 unspecified atom stereocenters. The summed E-state index contributed by atoms with van der Waals surface area (Å²) in [5, 5.41) is 2.73. The molecule has 1 heterocycles. The Kier molecular flexibility index (Phi) is 6.04. The van der Waals surface area contributed by atoms with Gasteiger partial charge in [0.1, 0.15) is 5.82 Å². The summed E-state index contributed by atoms with van der Waals surface area (Å²) >= 11 is 0. The highest BCUT2D eigenvalue weighted by atomic mass is 19.4. The second-order valence-corrected chi connectivity index (χ2v) is 5.97. The van der Waals surface area contributed by atoms with Gasteiger partial charge >= 0.3 is 12.2 Å². The van der Waals surface area contributed by atoms with E-state index in [0.29, 0.717) is 25.1 Å². The van der Waals surface area contributed by atoms with E-state index in [1.54, 1.807) is 19.1 Å². The summed E-state index contributed by atoms with van der Waals surface area (Å²) < 4.78 is 50.5. The number of benzene rings is 1. The van der Waals surface area contributed by atoms with Crippen molar-refractivity contribution >= 4 is 6.03 Å². The van der Waals surface area contributed by atoms with Gasteiger partial charge < -0.3 is 10.2 Å². The van der Waals surface area contributed by atoms with E-state index in [0.717, 1.165) is 5.56 Å². The zero-order valence-corrected chi connectivity index (χ0v) is 13.5. The quantitative estimate of drug-likeness (QED) is 0.854. The fourth-order valence-electron chi connectivity index (χ4n) is 2.69. The number of nitrogens with zero attached hydrogens (tertiary/aromatic N) is 2. The van der Waals surface area contributed by atoms with Gasteiger partial charge in [-0.25, -0.2) is 9.18 Å². The van der Waals surface area contributed by atoms with Crippen LogP contribution in [0.25, 0.3) is 0 Å². The molecule has 2 rings (SSSR count). The van der Waals surface area contributed by atoms with E-state index in [9.17, 15) is 22.4 Å². The Bertz CT molecular complexity index is 577. The average molecular weight is 347 g/mol. The maximum atomic E-state index is 13.2. The summed E-state index contributed by atoms with van der Waals surface area (Å²) in [5.41, 5.74) is 1.27. The van der Waals surface area contributed by atoms with E-state index in [1.165, 1.54) is 15.9 Å². The predicted octanol–water partition coefficient (Wildman–Crippen LogP) is 2.91. The SMILES string of the molecule is Cc1cc(CNC(=O)N2CCCN(CC(F)(F)F)CC2)ccc1F. The van der Waals surface area contributed by atoms with Crippen LogP contribution in [-0.2, 0) is 6.54 Å². The Morgan fingerprint density at radius 1 is 1.21 bits per heavy atom. The van der Waals surface area contributed by atoms with Crippen LogP contribution in [0.1, 0.15) is 17.5 Å². The summed E-state index contributed by atoms with van der Waals surface area (Å²) in [6.07, 6.45) is -3.73. The Hall–Kier alpha value is -1.83. The first-order valence-electron chi connectivity index (χ1n) is 7.81. The van der Waals surface area contributed by atoms with Crippen molar-refractivity contribution in [2.24, 2.45) is 0 Å². The van der Waals surface area contributed by atoms with Crippen molar-refractivity contribution in [3.05, 3.63) is 35.1 Å². The Morgan fingerprint density at radius 2 is 1.96 bits per heavy atom. The van der Waals surface area contributed by atoms with Crippen LogP contribution in [0.4, 0.5) is 22.4 Å². The van der Waals surface area contributed by atoms with Crippen molar-refractivity contribution in [3.63, 3.8) is 0 Å². The second-order valence-electron chi connectivity index (χ2n) is 5.97. The number of aryl methyl sites for hydroxylation is 1. The van der Waals surface area contributed by atoms with Crippen molar-refractivity contribution in [1.29, 1.82) is 0 Å². The zero-order chi connectivity index (χ0) is 17.7. The minimum absolute atomic E-state index is 0.197. The van der Waals surface area contributed by atoms with E-state index in [-0.39, 0.29) is 31.5 Å². The number of carbonyl (C=O) groups is 1. The maximum absolute atomic E-state index is 13.2. The van der Waals surface area contributed by atoms with Crippen LogP contribution < -0.4 is 5.32 Å². The number of hydrogen-bond acceptors (Lipinski definition) is 2. The molecule has 0 aromatic heterocycles. The summed E-state index contributed by atoms with van der Waals surface area (Å²) in [6, 6.07) is 4.28. The van der Waals surface area contributed by atoms with Crippen molar-refractivity contribution in [3.8, 4) is 0 Å². The topological polar surface area (TPSA) is 35.6 Å². The molecular formula is C16H21F4N3O. The van der Waals surface area contributed by atoms with Crippen molar-refractivity contribution < 1.29 is 22.4 Å². The molecule has 4 nitrogen and oxygen atoms in total. The smallest absolute Gasteiger partial charge is 0.334 e. The molecule has 1 N–H and O–H groups in total. The lowest BCUT2D eigenvalue weighted by Gasteiger charge is -2.23. The molecule has 1 aliphatic rings. The molecule has 1 aromatic carbocycles. The highest BCUT2D eigenvalue weighted by molar-refractivity contribution is 5.74. The summed E-state index contributed by atoms with van der Waals surface area (Å²) in [4.78, 5) is 15.0. The number of urea groups is 1. The van der Waals surface area contributed by atoms with Crippen molar-refractivity contribution in [1.82, 2.24) is 15.1 Å². The van der Waals surface area contributed by atoms with Crippen LogP contribution in [0, 0.1) is 12.7 Å². The van der Waals surface area contributed by atoms with Crippen LogP contribution in [0.15, 0.2) is 18.2 Å². The second kappa shape index (κ2) is 7.83. The third kappa shape index (κ3) is 5.67. The normalized spacial score (nSPS) is 16.8. The molecule has 0 bridgehead atoms. The number of halogens is 4. The first kappa shape index (κ1) is 18.5. The van der Waals surface area contributed by atoms with Gasteiger partial charge in [0.2, 0.25) is 0 Å². The molecule has 1 fully saturated rings. The highest BCUT2D eigenvalue weighted by Crippen LogP contribution is 2.17. The van der Waals surface area contributed by atoms with Gasteiger partial charge in [-0.15, -0.1) is 0 Å². The molecule has 0 spiro atoms. The lowest BCUT2D eigenvalue weighted by molar-refractivity contribution is -0.145. The third-order valence-electron chi connectivity index (χ3n) is 3.94. The van der Waals surface area contributed by atoms with Crippen LogP contribution in [0.5, 0.6) is 0 Å². The summed E-state index contributed by atoms with van der Waals surface area (Å²) in [5.74, 6) is -0.303. The van der Waals surface area contributed by atoms with Gasteiger partial charge in [-0.3, -0.25) is 4.90 Å². The lowest BCUT2D eigenvalue weighted by Crippen LogP contribution is -2.42. The molecule has 0 radical (unpaired) electrons. The van der Waals surface area contributed by atoms with Crippen LogP contribution >= 0.6 is 0 Å². The average Bonchev–Trinajstić information content (AvgIpc) is 2.72. The van der Waals surface area contributed by atoms with Gasteiger partial charge in [0.15, 0.2) is 0 Å². The molecule has 2 amide bonds. The number of amides is 2. The minimum Gasteiger partial charge on any atom is -0.334 e. The molecular weight excluding hydrogens is 326 g/mol. The number of carbonyl (C=O) groups excluding carboxylic acids is 1. The van der Waals surface area contributed by atoms with Crippen LogP contribution in [-0.4, -0.2) is 54.7 Å². The van der Waals surface area contributed by atoms with Gasteiger partial charge in [0.05, 0.1) is 6.54 Å². The Morgan fingerprint density at radius 3 is 2.62 bits per heavy atom. The van der Waals surface area contributed by atoms with E-state index in [4.69, 9.17) is 0 Å². The third-order valence-corrected chi connectivity index (χ3v) is 3.94. The van der Waals surface area contributed by atoms with Gasteiger partial charge in [-0.2, -0.15) is 13.2 Å². The van der Waals surface area contributed by atoms with Gasteiger partial charge in [-0.05, 0) is 30.5 Å². The molecule has 134 valence electrons. The van der Waals surface area contributed by atoms with Gasteiger partial charge in [0, 0.05) is 32.7 Å². The molecule has 24 heavy (non-hydrogen) atoms. The molecule has 1 aromatic rings. The van der Waals surface area contributed by atoms with Gasteiger partial charge in [-0.1, -0.05) is 12.1 Å². The van der Waals surface area contributed by atoms with Gasteiger partial charge in [0.25, 0.3) is 0 Å². The molecule has 0 saturated carbocycles. The van der Waals surface area contributed by atoms with Crippen LogP contribution in [0.3, 0.4) is 0 Å². The largest absolute Gasteiger partial charge is 0.401 e. The standard InChI is InChI=1S/C16H21F4N3O/c1-12-9-13(3-4-14(12)17)10-21-15(24)23-6-2-5-22(7-8-23)11-16(18,19)20/h3-4,9H,2,5-8,10-11H2,1H3,(H,21,24). The fourth-order valence-corrected chi connectivity index (χ4v) is 2.69. The summed E-state index contributed by atoms with van der Waals surface area (Å²) in [7, 11) is 0. The number of rotatable bonds is 3. The molecule has 1 aliphatic heterocycles. The number of alkyl halides is 3. The van der Waals surface area contributed by atoms with Crippen LogP contribution in [0.2, 0.25) is 0 Å². The predicted molar refractivity (Wildman–Crippen MR) is 82.1 cm³/mol. The molecule has 0 atom stereocenters. The zero-order valence-electron chi connectivity index (χ0n) is 13.5. The van der Waals surface area contributed by atoms with Crippen molar-refractivity contribution in [2.75, 3.05) is 32.7 Å². The number of hydrogen-bond donors (Lipinski definition) is 1. The van der Waals surface area contributed by atoms with E-state index >= 15 is 0 Å². The maximum Gasteiger partial charge on any atom is 0.401 e. The monoisotopic (exact) mass is 347 g/mol.